The topological polar surface area (TPSA) is 12.0 Å². The molecule has 0 saturated carbocycles. The number of fused-ring (bicyclic) bond motifs is 3. The predicted molar refractivity (Wildman–Crippen MR) is 95.1 cm³/mol. The highest BCUT2D eigenvalue weighted by Crippen LogP contribution is 2.54. The normalized spacial score (nSPS) is 14.7. The second-order valence-corrected chi connectivity index (χ2v) is 6.55. The molecule has 0 bridgehead atoms. The first-order valence-corrected chi connectivity index (χ1v) is 8.64. The van der Waals surface area contributed by atoms with Crippen LogP contribution in [-0.2, 0) is 5.41 Å². The van der Waals surface area contributed by atoms with Crippen molar-refractivity contribution in [1.29, 1.82) is 0 Å². The maximum Gasteiger partial charge on any atom is 0.482 e. The molecular weight excluding hydrogens is 323 g/mol. The van der Waals surface area contributed by atoms with Gasteiger partial charge < -0.3 is 5.32 Å². The highest BCUT2D eigenvalue weighted by molar-refractivity contribution is 5.82. The third-order valence-corrected chi connectivity index (χ3v) is 5.03. The molecule has 0 amide bonds. The van der Waals surface area contributed by atoms with Crippen molar-refractivity contribution in [3.63, 3.8) is 0 Å². The number of benzene rings is 2. The number of unbranched alkanes of at least 4 members (excludes halogenated alkanes) is 2. The third kappa shape index (κ3) is 3.06. The van der Waals surface area contributed by atoms with Gasteiger partial charge >= 0.3 is 6.30 Å². The molecule has 132 valence electrons. The molecule has 25 heavy (non-hydrogen) atoms. The van der Waals surface area contributed by atoms with Crippen LogP contribution in [0.25, 0.3) is 11.1 Å². The smallest absolute Gasteiger partial charge is 0.301 e. The zero-order valence-electron chi connectivity index (χ0n) is 14.3. The number of nitrogens with one attached hydrogen (secondary N) is 1. The van der Waals surface area contributed by atoms with Gasteiger partial charge in [-0.05, 0) is 28.7 Å². The fourth-order valence-corrected chi connectivity index (χ4v) is 3.99. The van der Waals surface area contributed by atoms with E-state index in [1.165, 1.54) is 0 Å². The molecule has 0 saturated heterocycles. The Balaban J connectivity index is 2.18. The number of halogens is 3. The lowest BCUT2D eigenvalue weighted by Crippen LogP contribution is -2.41. The molecule has 1 N–H and O–H groups in total. The summed E-state index contributed by atoms with van der Waals surface area (Å²) in [6.45, 7) is 5.93. The van der Waals surface area contributed by atoms with Gasteiger partial charge in [0.2, 0.25) is 0 Å². The standard InChI is InChI=1S/C21H22F3N/c1-3-4-9-14-20(15(2)25-21(22,23)24)18-12-7-5-10-16(18)17-11-6-8-13-19(17)20/h5-8,10-13,25H,2-4,9,14H2,1H3. The highest BCUT2D eigenvalue weighted by atomic mass is 19.4. The van der Waals surface area contributed by atoms with Crippen LogP contribution in [0.2, 0.25) is 0 Å². The van der Waals surface area contributed by atoms with Gasteiger partial charge in [0.05, 0.1) is 5.41 Å². The van der Waals surface area contributed by atoms with Gasteiger partial charge in [-0.3, -0.25) is 0 Å². The Bertz CT molecular complexity index is 731. The number of alkyl halides is 3. The van der Waals surface area contributed by atoms with E-state index in [0.29, 0.717) is 6.42 Å². The SMILES string of the molecule is C=C(NC(F)(F)F)C1(CCCCC)c2ccccc2-c2ccccc21. The highest BCUT2D eigenvalue weighted by Gasteiger charge is 2.47. The van der Waals surface area contributed by atoms with Crippen LogP contribution in [0.5, 0.6) is 0 Å². The Kier molecular flexibility index (Phi) is 4.63. The molecule has 0 unspecified atom stereocenters. The average Bonchev–Trinajstić information content (AvgIpc) is 2.86. The van der Waals surface area contributed by atoms with Crippen LogP contribution >= 0.6 is 0 Å². The molecule has 0 aromatic heterocycles. The van der Waals surface area contributed by atoms with Gasteiger partial charge in [-0.15, -0.1) is 0 Å². The Morgan fingerprint density at radius 3 is 1.96 bits per heavy atom. The summed E-state index contributed by atoms with van der Waals surface area (Å²) in [7, 11) is 0. The van der Waals surface area contributed by atoms with Gasteiger partial charge in [0, 0.05) is 5.70 Å². The Morgan fingerprint density at radius 1 is 0.960 bits per heavy atom. The average molecular weight is 345 g/mol. The van der Waals surface area contributed by atoms with Gasteiger partial charge in [-0.2, -0.15) is 13.2 Å². The second-order valence-electron chi connectivity index (χ2n) is 6.55. The van der Waals surface area contributed by atoms with Crippen molar-refractivity contribution in [2.24, 2.45) is 0 Å². The van der Waals surface area contributed by atoms with Crippen molar-refractivity contribution in [3.05, 3.63) is 71.9 Å². The van der Waals surface area contributed by atoms with Crippen molar-refractivity contribution in [2.75, 3.05) is 0 Å². The fourth-order valence-electron chi connectivity index (χ4n) is 3.99. The molecule has 1 nitrogen and oxygen atoms in total. The molecule has 0 aliphatic heterocycles. The van der Waals surface area contributed by atoms with Crippen LogP contribution in [0.15, 0.2) is 60.8 Å². The molecule has 1 aliphatic rings. The van der Waals surface area contributed by atoms with E-state index < -0.39 is 11.7 Å². The largest absolute Gasteiger partial charge is 0.482 e. The first-order chi connectivity index (χ1) is 11.9. The summed E-state index contributed by atoms with van der Waals surface area (Å²) in [5.74, 6) is 0. The van der Waals surface area contributed by atoms with E-state index in [0.717, 1.165) is 41.5 Å². The van der Waals surface area contributed by atoms with Crippen LogP contribution in [-0.4, -0.2) is 6.30 Å². The summed E-state index contributed by atoms with van der Waals surface area (Å²) in [6, 6.07) is 15.5. The Morgan fingerprint density at radius 2 is 1.48 bits per heavy atom. The van der Waals surface area contributed by atoms with E-state index in [2.05, 4.69) is 13.5 Å². The van der Waals surface area contributed by atoms with Crippen LogP contribution in [0.1, 0.15) is 43.7 Å². The van der Waals surface area contributed by atoms with Crippen molar-refractivity contribution >= 4 is 0 Å². The van der Waals surface area contributed by atoms with Crippen molar-refractivity contribution < 1.29 is 13.2 Å². The number of hydrogen-bond donors (Lipinski definition) is 1. The molecule has 2 aromatic carbocycles. The van der Waals surface area contributed by atoms with Gasteiger partial charge in [-0.25, -0.2) is 0 Å². The summed E-state index contributed by atoms with van der Waals surface area (Å²) in [6.07, 6.45) is -1.06. The Labute approximate surface area is 146 Å². The molecule has 0 spiro atoms. The minimum Gasteiger partial charge on any atom is -0.301 e. The zero-order valence-corrected chi connectivity index (χ0v) is 14.3. The molecule has 4 heteroatoms. The molecule has 0 radical (unpaired) electrons. The van der Waals surface area contributed by atoms with E-state index in [1.54, 1.807) is 5.32 Å². The summed E-state index contributed by atoms with van der Waals surface area (Å²) in [5.41, 5.74) is 2.98. The minimum atomic E-state index is -4.50. The van der Waals surface area contributed by atoms with E-state index in [-0.39, 0.29) is 5.70 Å². The molecule has 3 rings (SSSR count). The number of rotatable bonds is 6. The predicted octanol–water partition coefficient (Wildman–Crippen LogP) is 6.16. The lowest BCUT2D eigenvalue weighted by Gasteiger charge is -2.35. The number of allylic oxidation sites excluding steroid dienone is 1. The van der Waals surface area contributed by atoms with Crippen molar-refractivity contribution in [2.45, 2.75) is 44.3 Å². The van der Waals surface area contributed by atoms with E-state index >= 15 is 0 Å². The first kappa shape index (κ1) is 17.6. The second kappa shape index (κ2) is 6.58. The maximum absolute atomic E-state index is 13.1. The molecule has 1 aliphatic carbocycles. The lowest BCUT2D eigenvalue weighted by molar-refractivity contribution is -0.151. The summed E-state index contributed by atoms with van der Waals surface area (Å²) in [5, 5.41) is 1.72. The van der Waals surface area contributed by atoms with Crippen LogP contribution in [0.4, 0.5) is 13.2 Å². The monoisotopic (exact) mass is 345 g/mol. The van der Waals surface area contributed by atoms with Gasteiger partial charge in [0.25, 0.3) is 0 Å². The zero-order chi connectivity index (χ0) is 18.1. The van der Waals surface area contributed by atoms with Crippen molar-refractivity contribution in [1.82, 2.24) is 5.32 Å². The van der Waals surface area contributed by atoms with Crippen LogP contribution < -0.4 is 5.32 Å². The van der Waals surface area contributed by atoms with Gasteiger partial charge in [0.1, 0.15) is 0 Å². The van der Waals surface area contributed by atoms with Crippen LogP contribution in [0.3, 0.4) is 0 Å². The van der Waals surface area contributed by atoms with Crippen LogP contribution in [0, 0.1) is 0 Å². The minimum absolute atomic E-state index is 0.00787. The Hall–Kier alpha value is -2.23. The summed E-state index contributed by atoms with van der Waals surface area (Å²) in [4.78, 5) is 0. The van der Waals surface area contributed by atoms with Gasteiger partial charge in [0.15, 0.2) is 0 Å². The fraction of sp³-hybridized carbons (Fsp3) is 0.333. The lowest BCUT2D eigenvalue weighted by atomic mass is 9.72. The first-order valence-electron chi connectivity index (χ1n) is 8.64. The van der Waals surface area contributed by atoms with E-state index in [9.17, 15) is 13.2 Å². The molecule has 0 heterocycles. The molecule has 0 fully saturated rings. The quantitative estimate of drug-likeness (QED) is 0.488. The van der Waals surface area contributed by atoms with E-state index in [4.69, 9.17) is 0 Å². The van der Waals surface area contributed by atoms with E-state index in [1.807, 2.05) is 48.5 Å². The summed E-state index contributed by atoms with van der Waals surface area (Å²) < 4.78 is 39.3. The number of hydrogen-bond acceptors (Lipinski definition) is 1. The summed E-state index contributed by atoms with van der Waals surface area (Å²) >= 11 is 0. The third-order valence-electron chi connectivity index (χ3n) is 5.03. The molecule has 2 aromatic rings. The van der Waals surface area contributed by atoms with Gasteiger partial charge in [-0.1, -0.05) is 81.3 Å². The van der Waals surface area contributed by atoms with Crippen molar-refractivity contribution in [3.8, 4) is 11.1 Å². The maximum atomic E-state index is 13.1. The molecule has 0 atom stereocenters. The molecular formula is C21H22F3N.